The third-order valence-electron chi connectivity index (χ3n) is 10.7. The molecule has 1 saturated heterocycles. The molecule has 4 N–H and O–H groups in total. The second-order valence-corrected chi connectivity index (χ2v) is 12.2. The summed E-state index contributed by atoms with van der Waals surface area (Å²) < 4.78 is 11.7. The number of ether oxygens (including phenoxy) is 2. The topological polar surface area (TPSA) is 116 Å². The molecule has 0 aromatic carbocycles. The molecule has 7 heteroatoms. The van der Waals surface area contributed by atoms with Crippen molar-refractivity contribution >= 4 is 5.78 Å². The molecule has 12 atom stereocenters. The predicted octanol–water partition coefficient (Wildman–Crippen LogP) is 2.34. The van der Waals surface area contributed by atoms with Crippen molar-refractivity contribution < 1.29 is 34.7 Å². The molecule has 34 heavy (non-hydrogen) atoms. The molecule has 7 nitrogen and oxygen atoms in total. The highest BCUT2D eigenvalue weighted by molar-refractivity contribution is 5.79. The Hall–Kier alpha value is -0.830. The molecule has 3 saturated carbocycles. The monoisotopic (exact) mass is 478 g/mol. The number of aliphatic hydroxyl groups excluding tert-OH is 4. The normalized spacial score (nSPS) is 52.9. The van der Waals surface area contributed by atoms with Crippen molar-refractivity contribution in [3.63, 3.8) is 0 Å². The zero-order chi connectivity index (χ0) is 24.4. The lowest BCUT2D eigenvalue weighted by atomic mass is 9.47. The fraction of sp³-hybridized carbons (Fsp3) is 0.889. The first-order valence-corrected chi connectivity index (χ1v) is 13.3. The minimum atomic E-state index is -1.42. The maximum absolute atomic E-state index is 12.4. The van der Waals surface area contributed by atoms with Gasteiger partial charge in [0.1, 0.15) is 30.2 Å². The number of carbonyl (C=O) groups excluding carboxylic acids is 1. The van der Waals surface area contributed by atoms with Gasteiger partial charge in [0.2, 0.25) is 0 Å². The minimum absolute atomic E-state index is 0.133. The van der Waals surface area contributed by atoms with Crippen LogP contribution < -0.4 is 0 Å². The van der Waals surface area contributed by atoms with Gasteiger partial charge in [0.15, 0.2) is 6.29 Å². The summed E-state index contributed by atoms with van der Waals surface area (Å²) in [5, 5.41) is 40.0. The van der Waals surface area contributed by atoms with Crippen molar-refractivity contribution in [1.29, 1.82) is 0 Å². The van der Waals surface area contributed by atoms with Gasteiger partial charge >= 0.3 is 0 Å². The molecule has 0 bridgehead atoms. The SMILES string of the molecule is CC(=O)C1CCC2C3CC=C4CC(OC5OC(CO)C(O)C(O)C5O)CCC4(C)C3CCC12C. The number of allylic oxidation sites excluding steroid dienone is 1. The van der Waals surface area contributed by atoms with Crippen LogP contribution in [0, 0.1) is 34.5 Å². The molecule has 4 fully saturated rings. The Bertz CT molecular complexity index is 826. The predicted molar refractivity (Wildman–Crippen MR) is 125 cm³/mol. The van der Waals surface area contributed by atoms with Crippen LogP contribution in [0.5, 0.6) is 0 Å². The van der Waals surface area contributed by atoms with E-state index in [1.807, 2.05) is 0 Å². The van der Waals surface area contributed by atoms with E-state index < -0.39 is 37.3 Å². The quantitative estimate of drug-likeness (QED) is 0.458. The van der Waals surface area contributed by atoms with Gasteiger partial charge in [-0.1, -0.05) is 25.5 Å². The van der Waals surface area contributed by atoms with E-state index in [2.05, 4.69) is 19.9 Å². The number of Topliss-reactive ketones (excluding diaryl/α,β-unsaturated/α-hetero) is 1. The summed E-state index contributed by atoms with van der Waals surface area (Å²) in [4.78, 5) is 12.4. The molecule has 5 aliphatic rings. The highest BCUT2D eigenvalue weighted by atomic mass is 16.7. The minimum Gasteiger partial charge on any atom is -0.394 e. The van der Waals surface area contributed by atoms with Crippen LogP contribution in [-0.2, 0) is 14.3 Å². The first kappa shape index (κ1) is 24.8. The first-order valence-electron chi connectivity index (χ1n) is 13.3. The molecule has 0 amide bonds. The van der Waals surface area contributed by atoms with Crippen LogP contribution in [0.1, 0.15) is 72.1 Å². The van der Waals surface area contributed by atoms with Crippen molar-refractivity contribution in [1.82, 2.24) is 0 Å². The fourth-order valence-electron chi connectivity index (χ4n) is 8.78. The van der Waals surface area contributed by atoms with Crippen molar-refractivity contribution in [2.45, 2.75) is 109 Å². The average molecular weight is 479 g/mol. The van der Waals surface area contributed by atoms with Gasteiger partial charge < -0.3 is 29.9 Å². The highest BCUT2D eigenvalue weighted by Gasteiger charge is 2.59. The molecular formula is C27H42O7. The first-order chi connectivity index (χ1) is 16.1. The number of rotatable bonds is 4. The highest BCUT2D eigenvalue weighted by Crippen LogP contribution is 2.66. The molecule has 1 aliphatic heterocycles. The second kappa shape index (κ2) is 8.93. The lowest BCUT2D eigenvalue weighted by molar-refractivity contribution is -0.313. The largest absolute Gasteiger partial charge is 0.394 e. The standard InChI is InChI=1S/C27H42O7/c1-14(29)18-6-7-19-17-5-4-15-12-16(8-10-26(15,2)20(17)9-11-27(18,19)3)33-25-24(32)23(31)22(30)21(13-28)34-25/h4,16-25,28,30-32H,5-13H2,1-3H3. The number of aliphatic hydroxyl groups is 4. The zero-order valence-corrected chi connectivity index (χ0v) is 20.7. The third-order valence-corrected chi connectivity index (χ3v) is 10.7. The van der Waals surface area contributed by atoms with Gasteiger partial charge in [-0.25, -0.2) is 0 Å². The van der Waals surface area contributed by atoms with Gasteiger partial charge in [0.05, 0.1) is 12.7 Å². The Morgan fingerprint density at radius 1 is 1.06 bits per heavy atom. The van der Waals surface area contributed by atoms with Crippen LogP contribution >= 0.6 is 0 Å². The van der Waals surface area contributed by atoms with Crippen LogP contribution in [0.2, 0.25) is 0 Å². The molecule has 0 aromatic rings. The molecule has 0 spiro atoms. The van der Waals surface area contributed by atoms with E-state index in [9.17, 15) is 25.2 Å². The molecule has 0 aromatic heterocycles. The zero-order valence-electron chi connectivity index (χ0n) is 20.7. The van der Waals surface area contributed by atoms with Crippen LogP contribution in [0.25, 0.3) is 0 Å². The molecule has 4 aliphatic carbocycles. The average Bonchev–Trinajstić information content (AvgIpc) is 3.17. The molecule has 192 valence electrons. The third kappa shape index (κ3) is 3.73. The van der Waals surface area contributed by atoms with Gasteiger partial charge in [0.25, 0.3) is 0 Å². The Kier molecular flexibility index (Phi) is 6.52. The fourth-order valence-corrected chi connectivity index (χ4v) is 8.78. The number of hydrogen-bond acceptors (Lipinski definition) is 7. The van der Waals surface area contributed by atoms with Gasteiger partial charge in [0, 0.05) is 5.92 Å². The van der Waals surface area contributed by atoms with Crippen molar-refractivity contribution in [2.75, 3.05) is 6.61 Å². The number of fused-ring (bicyclic) bond motifs is 5. The number of carbonyl (C=O) groups is 1. The Morgan fingerprint density at radius 3 is 2.53 bits per heavy atom. The summed E-state index contributed by atoms with van der Waals surface area (Å²) in [5.74, 6) is 2.48. The Labute approximate surface area is 202 Å². The number of hydrogen-bond donors (Lipinski definition) is 4. The number of ketones is 1. The van der Waals surface area contributed by atoms with E-state index in [-0.39, 0.29) is 22.9 Å². The lowest BCUT2D eigenvalue weighted by Gasteiger charge is -2.58. The van der Waals surface area contributed by atoms with Crippen molar-refractivity contribution in [3.05, 3.63) is 11.6 Å². The summed E-state index contributed by atoms with van der Waals surface area (Å²) in [5.41, 5.74) is 1.71. The molecule has 5 rings (SSSR count). The van der Waals surface area contributed by atoms with Crippen LogP contribution in [-0.4, -0.2) is 69.6 Å². The summed E-state index contributed by atoms with van der Waals surface area (Å²) in [6.45, 7) is 6.12. The van der Waals surface area contributed by atoms with E-state index >= 15 is 0 Å². The smallest absolute Gasteiger partial charge is 0.186 e. The molecule has 12 unspecified atom stereocenters. The molecular weight excluding hydrogens is 436 g/mol. The van der Waals surface area contributed by atoms with E-state index in [0.717, 1.165) is 38.5 Å². The van der Waals surface area contributed by atoms with Gasteiger partial charge in [-0.2, -0.15) is 0 Å². The van der Waals surface area contributed by atoms with Gasteiger partial charge in [-0.05, 0) is 86.9 Å². The Balaban J connectivity index is 1.29. The Morgan fingerprint density at radius 2 is 1.82 bits per heavy atom. The van der Waals surface area contributed by atoms with Crippen molar-refractivity contribution in [3.8, 4) is 0 Å². The summed E-state index contributed by atoms with van der Waals surface area (Å²) in [6.07, 6.45) is 4.32. The van der Waals surface area contributed by atoms with Crippen LogP contribution in [0.15, 0.2) is 11.6 Å². The second-order valence-electron chi connectivity index (χ2n) is 12.2. The van der Waals surface area contributed by atoms with E-state index in [1.165, 1.54) is 18.4 Å². The summed E-state index contributed by atoms with van der Waals surface area (Å²) >= 11 is 0. The molecule has 1 heterocycles. The van der Waals surface area contributed by atoms with Crippen LogP contribution in [0.3, 0.4) is 0 Å². The van der Waals surface area contributed by atoms with E-state index in [0.29, 0.717) is 23.5 Å². The van der Waals surface area contributed by atoms with Gasteiger partial charge in [-0.3, -0.25) is 4.79 Å². The van der Waals surface area contributed by atoms with Crippen molar-refractivity contribution in [2.24, 2.45) is 34.5 Å². The van der Waals surface area contributed by atoms with E-state index in [1.54, 1.807) is 6.92 Å². The van der Waals surface area contributed by atoms with Gasteiger partial charge in [-0.15, -0.1) is 0 Å². The maximum Gasteiger partial charge on any atom is 0.186 e. The summed E-state index contributed by atoms with van der Waals surface area (Å²) in [6, 6.07) is 0. The van der Waals surface area contributed by atoms with E-state index in [4.69, 9.17) is 9.47 Å². The maximum atomic E-state index is 12.4. The van der Waals surface area contributed by atoms with Crippen LogP contribution in [0.4, 0.5) is 0 Å². The summed E-state index contributed by atoms with van der Waals surface area (Å²) in [7, 11) is 0. The molecule has 0 radical (unpaired) electrons. The lowest BCUT2D eigenvalue weighted by Crippen LogP contribution is -2.60.